The Kier molecular flexibility index (Phi) is 4.10. The van der Waals surface area contributed by atoms with Crippen molar-refractivity contribution in [2.45, 2.75) is 32.2 Å². The lowest BCUT2D eigenvalue weighted by molar-refractivity contribution is -0.120. The third-order valence-corrected chi connectivity index (χ3v) is 3.76. The van der Waals surface area contributed by atoms with Crippen LogP contribution in [-0.4, -0.2) is 16.9 Å². The van der Waals surface area contributed by atoms with Gasteiger partial charge in [-0.3, -0.25) is 4.79 Å². The summed E-state index contributed by atoms with van der Waals surface area (Å²) in [6.45, 7) is 1.82. The predicted molar refractivity (Wildman–Crippen MR) is 72.9 cm³/mol. The molecule has 0 radical (unpaired) electrons. The van der Waals surface area contributed by atoms with Crippen LogP contribution in [0.15, 0.2) is 6.07 Å². The highest BCUT2D eigenvalue weighted by molar-refractivity contribution is 6.34. The number of nitrogens with one attached hydrogen (secondary N) is 1. The first-order valence-electron chi connectivity index (χ1n) is 5.88. The van der Waals surface area contributed by atoms with Gasteiger partial charge in [0, 0.05) is 6.04 Å². The van der Waals surface area contributed by atoms with Crippen molar-refractivity contribution in [3.8, 4) is 0 Å². The van der Waals surface area contributed by atoms with Crippen molar-refractivity contribution in [3.05, 3.63) is 21.9 Å². The maximum absolute atomic E-state index is 12.1. The summed E-state index contributed by atoms with van der Waals surface area (Å²) < 4.78 is 0. The number of nitrogens with zero attached hydrogens (tertiary/aromatic N) is 1. The number of halogens is 2. The molecule has 1 aliphatic carbocycles. The molecule has 0 aliphatic heterocycles. The Morgan fingerprint density at radius 1 is 1.50 bits per heavy atom. The SMILES string of the molecule is Cc1cc(Cl)nc(Cl)c1NC(=O)C1CCCC1N. The summed E-state index contributed by atoms with van der Waals surface area (Å²) in [6, 6.07) is 1.60. The van der Waals surface area contributed by atoms with E-state index in [2.05, 4.69) is 10.3 Å². The first-order chi connectivity index (χ1) is 8.49. The van der Waals surface area contributed by atoms with E-state index in [0.29, 0.717) is 10.8 Å². The summed E-state index contributed by atoms with van der Waals surface area (Å²) in [5, 5.41) is 3.33. The van der Waals surface area contributed by atoms with Crippen molar-refractivity contribution in [1.82, 2.24) is 4.98 Å². The number of hydrogen-bond acceptors (Lipinski definition) is 3. The lowest BCUT2D eigenvalue weighted by Crippen LogP contribution is -2.34. The van der Waals surface area contributed by atoms with Gasteiger partial charge in [0.15, 0.2) is 5.15 Å². The third-order valence-electron chi connectivity index (χ3n) is 3.30. The predicted octanol–water partition coefficient (Wildman–Crippen LogP) is 2.76. The fourth-order valence-electron chi connectivity index (χ4n) is 2.28. The number of anilines is 1. The summed E-state index contributed by atoms with van der Waals surface area (Å²) >= 11 is 11.8. The Hall–Kier alpha value is -0.840. The molecule has 1 aromatic heterocycles. The van der Waals surface area contributed by atoms with E-state index < -0.39 is 0 Å². The molecule has 1 fully saturated rings. The molecule has 1 aromatic rings. The number of carbonyl (C=O) groups excluding carboxylic acids is 1. The molecule has 18 heavy (non-hydrogen) atoms. The number of rotatable bonds is 2. The molecule has 1 saturated carbocycles. The van der Waals surface area contributed by atoms with Gasteiger partial charge in [0.1, 0.15) is 5.15 Å². The van der Waals surface area contributed by atoms with Crippen LogP contribution in [0.5, 0.6) is 0 Å². The monoisotopic (exact) mass is 287 g/mol. The van der Waals surface area contributed by atoms with Gasteiger partial charge in [0.25, 0.3) is 0 Å². The molecule has 2 rings (SSSR count). The molecule has 98 valence electrons. The Balaban J connectivity index is 2.17. The Bertz CT molecular complexity index is 455. The number of amides is 1. The number of carbonyl (C=O) groups is 1. The lowest BCUT2D eigenvalue weighted by atomic mass is 10.0. The van der Waals surface area contributed by atoms with Crippen LogP contribution < -0.4 is 11.1 Å². The molecule has 0 bridgehead atoms. The van der Waals surface area contributed by atoms with E-state index in [4.69, 9.17) is 28.9 Å². The fraction of sp³-hybridized carbons (Fsp3) is 0.500. The molecule has 0 saturated heterocycles. The van der Waals surface area contributed by atoms with Gasteiger partial charge in [-0.1, -0.05) is 29.6 Å². The second kappa shape index (κ2) is 5.43. The lowest BCUT2D eigenvalue weighted by Gasteiger charge is -2.16. The van der Waals surface area contributed by atoms with Gasteiger partial charge in [-0.2, -0.15) is 0 Å². The maximum Gasteiger partial charge on any atom is 0.229 e. The molecule has 1 aliphatic rings. The normalized spacial score (nSPS) is 23.1. The van der Waals surface area contributed by atoms with E-state index in [0.717, 1.165) is 24.8 Å². The quantitative estimate of drug-likeness (QED) is 0.822. The highest BCUT2D eigenvalue weighted by Crippen LogP contribution is 2.29. The second-order valence-corrected chi connectivity index (χ2v) is 5.36. The number of pyridine rings is 1. The van der Waals surface area contributed by atoms with E-state index in [-0.39, 0.29) is 23.0 Å². The third kappa shape index (κ3) is 2.76. The number of hydrogen-bond donors (Lipinski definition) is 2. The van der Waals surface area contributed by atoms with Crippen molar-refractivity contribution >= 4 is 34.8 Å². The summed E-state index contributed by atoms with van der Waals surface area (Å²) in [7, 11) is 0. The highest BCUT2D eigenvalue weighted by atomic mass is 35.5. The standard InChI is InChI=1S/C12H15Cl2N3O/c1-6-5-9(13)16-11(14)10(6)17-12(18)7-3-2-4-8(7)15/h5,7-8H,2-4,15H2,1H3,(H,17,18). The average molecular weight is 288 g/mol. The zero-order chi connectivity index (χ0) is 13.3. The van der Waals surface area contributed by atoms with Crippen LogP contribution in [0.1, 0.15) is 24.8 Å². The fourth-order valence-corrected chi connectivity index (χ4v) is 2.85. The molecular weight excluding hydrogens is 273 g/mol. The van der Waals surface area contributed by atoms with E-state index in [9.17, 15) is 4.79 Å². The summed E-state index contributed by atoms with van der Waals surface area (Å²) in [6.07, 6.45) is 2.71. The minimum absolute atomic E-state index is 0.0654. The van der Waals surface area contributed by atoms with Crippen LogP contribution in [0, 0.1) is 12.8 Å². The Morgan fingerprint density at radius 3 is 2.78 bits per heavy atom. The van der Waals surface area contributed by atoms with Crippen molar-refractivity contribution < 1.29 is 4.79 Å². The van der Waals surface area contributed by atoms with E-state index in [1.165, 1.54) is 0 Å². The van der Waals surface area contributed by atoms with Crippen LogP contribution in [0.3, 0.4) is 0 Å². The van der Waals surface area contributed by atoms with Gasteiger partial charge in [0.2, 0.25) is 5.91 Å². The van der Waals surface area contributed by atoms with Gasteiger partial charge < -0.3 is 11.1 Å². The van der Waals surface area contributed by atoms with E-state index in [1.54, 1.807) is 6.07 Å². The minimum Gasteiger partial charge on any atom is -0.327 e. The molecule has 3 N–H and O–H groups in total. The van der Waals surface area contributed by atoms with Gasteiger partial charge in [-0.05, 0) is 31.4 Å². The van der Waals surface area contributed by atoms with Crippen LogP contribution in [0.4, 0.5) is 5.69 Å². The van der Waals surface area contributed by atoms with E-state index >= 15 is 0 Å². The summed E-state index contributed by atoms with van der Waals surface area (Å²) in [5.41, 5.74) is 7.21. The van der Waals surface area contributed by atoms with Gasteiger partial charge in [0.05, 0.1) is 11.6 Å². The first-order valence-corrected chi connectivity index (χ1v) is 6.63. The van der Waals surface area contributed by atoms with Crippen LogP contribution >= 0.6 is 23.2 Å². The summed E-state index contributed by atoms with van der Waals surface area (Å²) in [5.74, 6) is -0.231. The molecule has 0 spiro atoms. The molecule has 4 nitrogen and oxygen atoms in total. The van der Waals surface area contributed by atoms with E-state index in [1.807, 2.05) is 6.92 Å². The molecule has 1 heterocycles. The molecule has 1 amide bonds. The Morgan fingerprint density at radius 2 is 2.22 bits per heavy atom. The Labute approximate surface area is 116 Å². The van der Waals surface area contributed by atoms with Crippen molar-refractivity contribution in [2.24, 2.45) is 11.7 Å². The highest BCUT2D eigenvalue weighted by Gasteiger charge is 2.30. The molecule has 6 heteroatoms. The molecule has 0 aromatic carbocycles. The zero-order valence-electron chi connectivity index (χ0n) is 10.0. The maximum atomic E-state index is 12.1. The minimum atomic E-state index is -0.142. The molecular formula is C12H15Cl2N3O. The van der Waals surface area contributed by atoms with Gasteiger partial charge >= 0.3 is 0 Å². The topological polar surface area (TPSA) is 68.0 Å². The van der Waals surface area contributed by atoms with Crippen molar-refractivity contribution in [3.63, 3.8) is 0 Å². The average Bonchev–Trinajstić information content (AvgIpc) is 2.69. The smallest absolute Gasteiger partial charge is 0.229 e. The number of aromatic nitrogens is 1. The van der Waals surface area contributed by atoms with Gasteiger partial charge in [-0.25, -0.2) is 4.98 Å². The second-order valence-electron chi connectivity index (χ2n) is 4.62. The summed E-state index contributed by atoms with van der Waals surface area (Å²) in [4.78, 5) is 16.0. The van der Waals surface area contributed by atoms with Crippen LogP contribution in [-0.2, 0) is 4.79 Å². The van der Waals surface area contributed by atoms with Gasteiger partial charge in [-0.15, -0.1) is 0 Å². The van der Waals surface area contributed by atoms with Crippen LogP contribution in [0.25, 0.3) is 0 Å². The molecule has 2 atom stereocenters. The largest absolute Gasteiger partial charge is 0.327 e. The number of nitrogens with two attached hydrogens (primary N) is 1. The van der Waals surface area contributed by atoms with Crippen molar-refractivity contribution in [2.75, 3.05) is 5.32 Å². The number of aryl methyl sites for hydroxylation is 1. The molecule has 2 unspecified atom stereocenters. The van der Waals surface area contributed by atoms with Crippen LogP contribution in [0.2, 0.25) is 10.3 Å². The van der Waals surface area contributed by atoms with Crippen molar-refractivity contribution in [1.29, 1.82) is 0 Å². The first kappa shape index (κ1) is 13.6. The zero-order valence-corrected chi connectivity index (χ0v) is 11.6.